The van der Waals surface area contributed by atoms with Crippen molar-refractivity contribution >= 4 is 6.29 Å². The monoisotopic (exact) mass is 181 g/mol. The number of aliphatic hydroxyl groups excluding tert-OH is 1. The molecule has 4 nitrogen and oxygen atoms in total. The summed E-state index contributed by atoms with van der Waals surface area (Å²) in [6.45, 7) is 1.58. The third-order valence-corrected chi connectivity index (χ3v) is 1.70. The summed E-state index contributed by atoms with van der Waals surface area (Å²) in [4.78, 5) is 14.5. The van der Waals surface area contributed by atoms with Crippen LogP contribution in [0.3, 0.4) is 0 Å². The fourth-order valence-electron chi connectivity index (χ4n) is 1.03. The first-order valence-electron chi connectivity index (χ1n) is 3.87. The fraction of sp³-hybridized carbons (Fsp3) is 0.333. The van der Waals surface area contributed by atoms with Gasteiger partial charge in [0.1, 0.15) is 5.69 Å². The third-order valence-electron chi connectivity index (χ3n) is 1.70. The second-order valence-corrected chi connectivity index (χ2v) is 2.62. The number of hydrogen-bond acceptors (Lipinski definition) is 4. The van der Waals surface area contributed by atoms with Gasteiger partial charge in [-0.25, -0.2) is 4.98 Å². The first-order valence-corrected chi connectivity index (χ1v) is 3.87. The number of aldehydes is 1. The highest BCUT2D eigenvalue weighted by Gasteiger charge is 2.09. The fourth-order valence-corrected chi connectivity index (χ4v) is 1.03. The average Bonchev–Trinajstić information content (AvgIpc) is 2.16. The zero-order valence-electron chi connectivity index (χ0n) is 7.52. The van der Waals surface area contributed by atoms with Gasteiger partial charge in [0, 0.05) is 11.6 Å². The number of carbonyl (C=O) groups is 1. The number of rotatable bonds is 3. The van der Waals surface area contributed by atoms with Gasteiger partial charge in [0.2, 0.25) is 5.88 Å². The molecule has 0 aliphatic heterocycles. The number of methoxy groups -OCH3 is 1. The molecule has 0 saturated heterocycles. The highest BCUT2D eigenvalue weighted by Crippen LogP contribution is 2.17. The number of hydrogen-bond donors (Lipinski definition) is 1. The predicted molar refractivity (Wildman–Crippen MR) is 46.8 cm³/mol. The molecule has 1 aromatic heterocycles. The van der Waals surface area contributed by atoms with Crippen molar-refractivity contribution < 1.29 is 14.6 Å². The molecule has 0 spiro atoms. The van der Waals surface area contributed by atoms with Gasteiger partial charge in [0.05, 0.1) is 13.2 Å². The second-order valence-electron chi connectivity index (χ2n) is 2.62. The van der Waals surface area contributed by atoms with Gasteiger partial charge in [-0.2, -0.15) is 0 Å². The Balaban J connectivity index is 3.15. The number of ether oxygens (including phenoxy) is 1. The normalized spacial score (nSPS) is 12.2. The quantitative estimate of drug-likeness (QED) is 0.705. The van der Waals surface area contributed by atoms with Gasteiger partial charge in [-0.15, -0.1) is 0 Å². The van der Waals surface area contributed by atoms with E-state index in [4.69, 9.17) is 4.74 Å². The summed E-state index contributed by atoms with van der Waals surface area (Å²) >= 11 is 0. The number of aromatic nitrogens is 1. The summed E-state index contributed by atoms with van der Waals surface area (Å²) in [7, 11) is 1.47. The molecule has 70 valence electrons. The lowest BCUT2D eigenvalue weighted by Gasteiger charge is -2.07. The van der Waals surface area contributed by atoms with Crippen LogP contribution in [0.4, 0.5) is 0 Å². The molecule has 0 saturated carbocycles. The number of pyridine rings is 1. The molecule has 1 unspecified atom stereocenters. The van der Waals surface area contributed by atoms with E-state index in [0.29, 0.717) is 17.7 Å². The van der Waals surface area contributed by atoms with Crippen molar-refractivity contribution in [2.75, 3.05) is 7.11 Å². The van der Waals surface area contributed by atoms with Crippen molar-refractivity contribution in [3.63, 3.8) is 0 Å². The molecule has 0 amide bonds. The van der Waals surface area contributed by atoms with Gasteiger partial charge >= 0.3 is 0 Å². The molecule has 1 aromatic rings. The lowest BCUT2D eigenvalue weighted by Crippen LogP contribution is -2.01. The lowest BCUT2D eigenvalue weighted by molar-refractivity contribution is 0.111. The highest BCUT2D eigenvalue weighted by molar-refractivity contribution is 5.74. The van der Waals surface area contributed by atoms with Crippen molar-refractivity contribution in [2.45, 2.75) is 13.0 Å². The van der Waals surface area contributed by atoms with Gasteiger partial charge in [0.25, 0.3) is 0 Å². The molecule has 4 heteroatoms. The number of aliphatic hydroxyl groups is 1. The molecule has 1 rings (SSSR count). The zero-order chi connectivity index (χ0) is 9.84. The molecule has 13 heavy (non-hydrogen) atoms. The Morgan fingerprint density at radius 2 is 2.31 bits per heavy atom. The van der Waals surface area contributed by atoms with E-state index in [-0.39, 0.29) is 5.69 Å². The van der Waals surface area contributed by atoms with E-state index in [2.05, 4.69) is 4.98 Å². The summed E-state index contributed by atoms with van der Waals surface area (Å²) in [5, 5.41) is 9.26. The molecule has 0 aromatic carbocycles. The van der Waals surface area contributed by atoms with Crippen LogP contribution in [0, 0.1) is 0 Å². The summed E-state index contributed by atoms with van der Waals surface area (Å²) in [5.74, 6) is 0.367. The van der Waals surface area contributed by atoms with E-state index in [1.165, 1.54) is 7.11 Å². The molecule has 0 aliphatic carbocycles. The molecular weight excluding hydrogens is 170 g/mol. The van der Waals surface area contributed by atoms with Gasteiger partial charge in [0.15, 0.2) is 6.29 Å². The van der Waals surface area contributed by atoms with Crippen LogP contribution in [-0.4, -0.2) is 23.5 Å². The maximum absolute atomic E-state index is 10.6. The smallest absolute Gasteiger partial charge is 0.213 e. The Hall–Kier alpha value is -1.42. The molecule has 0 radical (unpaired) electrons. The van der Waals surface area contributed by atoms with Crippen LogP contribution in [0.1, 0.15) is 29.1 Å². The minimum atomic E-state index is -0.696. The minimum absolute atomic E-state index is 0.217. The van der Waals surface area contributed by atoms with E-state index in [9.17, 15) is 9.90 Å². The Morgan fingerprint density at radius 3 is 2.77 bits per heavy atom. The second kappa shape index (κ2) is 4.00. The minimum Gasteiger partial charge on any atom is -0.481 e. The van der Waals surface area contributed by atoms with Crippen LogP contribution in [0.5, 0.6) is 5.88 Å². The van der Waals surface area contributed by atoms with E-state index in [1.807, 2.05) is 0 Å². The van der Waals surface area contributed by atoms with Gasteiger partial charge in [-0.05, 0) is 13.0 Å². The van der Waals surface area contributed by atoms with Crippen molar-refractivity contribution in [1.82, 2.24) is 4.98 Å². The standard InChI is InChI=1S/C9H11NO3/c1-6(12)7-3-4-9(13-2)10-8(7)5-11/h3-6,12H,1-2H3. The Bertz CT molecular complexity index is 310. The van der Waals surface area contributed by atoms with Crippen LogP contribution < -0.4 is 4.74 Å². The highest BCUT2D eigenvalue weighted by atomic mass is 16.5. The van der Waals surface area contributed by atoms with Crippen LogP contribution >= 0.6 is 0 Å². The molecule has 0 fully saturated rings. The SMILES string of the molecule is COc1ccc(C(C)O)c(C=O)n1. The maximum atomic E-state index is 10.6. The number of nitrogens with zero attached hydrogens (tertiary/aromatic N) is 1. The molecule has 1 heterocycles. The van der Waals surface area contributed by atoms with Crippen molar-refractivity contribution in [1.29, 1.82) is 0 Å². The van der Waals surface area contributed by atoms with E-state index >= 15 is 0 Å². The van der Waals surface area contributed by atoms with E-state index < -0.39 is 6.10 Å². The van der Waals surface area contributed by atoms with Crippen LogP contribution in [0.15, 0.2) is 12.1 Å². The van der Waals surface area contributed by atoms with Crippen LogP contribution in [0.2, 0.25) is 0 Å². The first-order chi connectivity index (χ1) is 6.19. The Morgan fingerprint density at radius 1 is 1.62 bits per heavy atom. The summed E-state index contributed by atoms with van der Waals surface area (Å²) in [6, 6.07) is 3.23. The molecule has 0 bridgehead atoms. The Labute approximate surface area is 76.2 Å². The van der Waals surface area contributed by atoms with Crippen LogP contribution in [-0.2, 0) is 0 Å². The summed E-state index contributed by atoms with van der Waals surface area (Å²) < 4.78 is 4.84. The summed E-state index contributed by atoms with van der Waals surface area (Å²) in [6.07, 6.45) is -0.0940. The summed E-state index contributed by atoms with van der Waals surface area (Å²) in [5.41, 5.74) is 0.727. The van der Waals surface area contributed by atoms with Gasteiger partial charge in [-0.3, -0.25) is 4.79 Å². The molecule has 1 atom stereocenters. The zero-order valence-corrected chi connectivity index (χ0v) is 7.52. The van der Waals surface area contributed by atoms with E-state index in [1.54, 1.807) is 19.1 Å². The average molecular weight is 181 g/mol. The van der Waals surface area contributed by atoms with Gasteiger partial charge in [-0.1, -0.05) is 0 Å². The van der Waals surface area contributed by atoms with Crippen molar-refractivity contribution in [2.24, 2.45) is 0 Å². The largest absolute Gasteiger partial charge is 0.481 e. The van der Waals surface area contributed by atoms with Crippen molar-refractivity contribution in [3.8, 4) is 5.88 Å². The topological polar surface area (TPSA) is 59.4 Å². The number of carbonyl (C=O) groups excluding carboxylic acids is 1. The molecule has 0 aliphatic rings. The van der Waals surface area contributed by atoms with E-state index in [0.717, 1.165) is 0 Å². The van der Waals surface area contributed by atoms with Crippen LogP contribution in [0.25, 0.3) is 0 Å². The maximum Gasteiger partial charge on any atom is 0.213 e. The van der Waals surface area contributed by atoms with Gasteiger partial charge < -0.3 is 9.84 Å². The molecule has 1 N–H and O–H groups in total. The Kier molecular flexibility index (Phi) is 2.97. The van der Waals surface area contributed by atoms with Crippen molar-refractivity contribution in [3.05, 3.63) is 23.4 Å². The third kappa shape index (κ3) is 2.03. The lowest BCUT2D eigenvalue weighted by atomic mass is 10.1. The molecular formula is C9H11NO3. The predicted octanol–water partition coefficient (Wildman–Crippen LogP) is 0.956. The first kappa shape index (κ1) is 9.67.